The summed E-state index contributed by atoms with van der Waals surface area (Å²) in [5.41, 5.74) is 2.25. The Hall–Kier alpha value is -2.27. The summed E-state index contributed by atoms with van der Waals surface area (Å²) in [7, 11) is 0. The number of benzene rings is 1. The van der Waals surface area contributed by atoms with Crippen LogP contribution in [0.3, 0.4) is 0 Å². The van der Waals surface area contributed by atoms with E-state index in [0.29, 0.717) is 12.5 Å². The molecule has 0 saturated carbocycles. The van der Waals surface area contributed by atoms with E-state index in [-0.39, 0.29) is 11.9 Å². The average molecular weight is 385 g/mol. The second-order valence-electron chi connectivity index (χ2n) is 7.98. The first kappa shape index (κ1) is 20.5. The van der Waals surface area contributed by atoms with Crippen molar-refractivity contribution in [1.29, 1.82) is 0 Å². The van der Waals surface area contributed by atoms with Crippen LogP contribution in [0.2, 0.25) is 0 Å². The van der Waals surface area contributed by atoms with Gasteiger partial charge in [-0.3, -0.25) is 9.69 Å². The monoisotopic (exact) mass is 384 g/mol. The lowest BCUT2D eigenvalue weighted by atomic mass is 10.0. The summed E-state index contributed by atoms with van der Waals surface area (Å²) in [5, 5.41) is 3.07. The van der Waals surface area contributed by atoms with Crippen LogP contribution in [0, 0.1) is 6.92 Å². The van der Waals surface area contributed by atoms with Gasteiger partial charge in [0, 0.05) is 6.54 Å². The number of nitrogens with one attached hydrogen (secondary N) is 1. The zero-order chi connectivity index (χ0) is 20.1. The van der Waals surface area contributed by atoms with E-state index >= 15 is 0 Å². The van der Waals surface area contributed by atoms with Crippen LogP contribution in [-0.2, 0) is 4.79 Å². The molecule has 0 aliphatic carbocycles. The molecule has 1 aromatic heterocycles. The topological polar surface area (TPSA) is 54.7 Å². The third-order valence-electron chi connectivity index (χ3n) is 5.39. The molecule has 0 bridgehead atoms. The van der Waals surface area contributed by atoms with Crippen molar-refractivity contribution in [2.24, 2.45) is 0 Å². The predicted molar refractivity (Wildman–Crippen MR) is 111 cm³/mol. The van der Waals surface area contributed by atoms with E-state index in [4.69, 9.17) is 9.15 Å². The normalized spacial score (nSPS) is 16.9. The van der Waals surface area contributed by atoms with Gasteiger partial charge in [0.1, 0.15) is 11.5 Å². The number of furan rings is 1. The number of rotatable bonds is 8. The SMILES string of the molecule is Cc1ccc(C(C)C)c(O[C@H](C)C(=O)NC[C@H](c2ccco2)N2CCCC2)c1. The third kappa shape index (κ3) is 4.96. The zero-order valence-electron chi connectivity index (χ0n) is 17.4. The van der Waals surface area contributed by atoms with E-state index in [1.54, 1.807) is 13.2 Å². The molecule has 1 N–H and O–H groups in total. The van der Waals surface area contributed by atoms with E-state index in [0.717, 1.165) is 35.7 Å². The molecule has 3 rings (SSSR count). The fourth-order valence-corrected chi connectivity index (χ4v) is 3.75. The Balaban J connectivity index is 1.63. The predicted octanol–water partition coefficient (Wildman–Crippen LogP) is 4.43. The van der Waals surface area contributed by atoms with Crippen molar-refractivity contribution in [3.8, 4) is 5.75 Å². The third-order valence-corrected chi connectivity index (χ3v) is 5.39. The molecule has 1 aromatic carbocycles. The maximum absolute atomic E-state index is 12.7. The number of amides is 1. The van der Waals surface area contributed by atoms with Gasteiger partial charge < -0.3 is 14.5 Å². The van der Waals surface area contributed by atoms with Gasteiger partial charge in [-0.1, -0.05) is 26.0 Å². The van der Waals surface area contributed by atoms with Crippen LogP contribution in [0.1, 0.15) is 62.5 Å². The van der Waals surface area contributed by atoms with Crippen molar-refractivity contribution in [3.05, 3.63) is 53.5 Å². The van der Waals surface area contributed by atoms with E-state index in [9.17, 15) is 4.79 Å². The maximum atomic E-state index is 12.7. The average Bonchev–Trinajstić information content (AvgIpc) is 3.36. The van der Waals surface area contributed by atoms with Gasteiger partial charge in [0.25, 0.3) is 5.91 Å². The lowest BCUT2D eigenvalue weighted by Gasteiger charge is -2.27. The second-order valence-corrected chi connectivity index (χ2v) is 7.98. The molecule has 1 aliphatic rings. The largest absolute Gasteiger partial charge is 0.481 e. The number of hydrogen-bond donors (Lipinski definition) is 1. The van der Waals surface area contributed by atoms with Gasteiger partial charge in [-0.2, -0.15) is 0 Å². The van der Waals surface area contributed by atoms with Crippen molar-refractivity contribution in [2.75, 3.05) is 19.6 Å². The van der Waals surface area contributed by atoms with Crippen molar-refractivity contribution in [2.45, 2.75) is 58.6 Å². The Morgan fingerprint density at radius 3 is 2.61 bits per heavy atom. The molecule has 1 aliphatic heterocycles. The first-order chi connectivity index (χ1) is 13.5. The van der Waals surface area contributed by atoms with Crippen molar-refractivity contribution in [3.63, 3.8) is 0 Å². The molecule has 0 unspecified atom stereocenters. The van der Waals surface area contributed by atoms with Crippen LogP contribution in [0.15, 0.2) is 41.0 Å². The minimum absolute atomic E-state index is 0.0684. The molecular weight excluding hydrogens is 352 g/mol. The molecule has 2 atom stereocenters. The van der Waals surface area contributed by atoms with Gasteiger partial charge in [0.2, 0.25) is 0 Å². The number of ether oxygens (including phenoxy) is 1. The highest BCUT2D eigenvalue weighted by Crippen LogP contribution is 2.28. The molecule has 28 heavy (non-hydrogen) atoms. The summed E-state index contributed by atoms with van der Waals surface area (Å²) in [6.45, 7) is 10.7. The van der Waals surface area contributed by atoms with Crippen molar-refractivity contribution < 1.29 is 13.9 Å². The number of carbonyl (C=O) groups is 1. The highest BCUT2D eigenvalue weighted by Gasteiger charge is 2.27. The second kappa shape index (κ2) is 9.28. The highest BCUT2D eigenvalue weighted by atomic mass is 16.5. The van der Waals surface area contributed by atoms with Crippen LogP contribution in [0.5, 0.6) is 5.75 Å². The fraction of sp³-hybridized carbons (Fsp3) is 0.522. The number of likely N-dealkylation sites (tertiary alicyclic amines) is 1. The van der Waals surface area contributed by atoms with Gasteiger partial charge in [-0.15, -0.1) is 0 Å². The molecule has 2 heterocycles. The molecule has 1 amide bonds. The number of carbonyl (C=O) groups excluding carboxylic acids is 1. The molecule has 152 valence electrons. The molecule has 5 heteroatoms. The summed E-state index contributed by atoms with van der Waals surface area (Å²) in [6, 6.07) is 10.1. The lowest BCUT2D eigenvalue weighted by molar-refractivity contribution is -0.127. The summed E-state index contributed by atoms with van der Waals surface area (Å²) in [5.74, 6) is 1.92. The van der Waals surface area contributed by atoms with Crippen LogP contribution < -0.4 is 10.1 Å². The Labute approximate surface area is 168 Å². The first-order valence-electron chi connectivity index (χ1n) is 10.3. The minimum Gasteiger partial charge on any atom is -0.481 e. The quantitative estimate of drug-likeness (QED) is 0.731. The summed E-state index contributed by atoms with van der Waals surface area (Å²) in [4.78, 5) is 15.1. The van der Waals surface area contributed by atoms with E-state index in [1.165, 1.54) is 12.8 Å². The Bertz CT molecular complexity index is 764. The van der Waals surface area contributed by atoms with Gasteiger partial charge in [0.15, 0.2) is 6.10 Å². The van der Waals surface area contributed by atoms with Crippen LogP contribution in [0.4, 0.5) is 0 Å². The number of nitrogens with zero attached hydrogens (tertiary/aromatic N) is 1. The van der Waals surface area contributed by atoms with E-state index < -0.39 is 6.10 Å². The van der Waals surface area contributed by atoms with Crippen molar-refractivity contribution in [1.82, 2.24) is 10.2 Å². The lowest BCUT2D eigenvalue weighted by Crippen LogP contribution is -2.42. The minimum atomic E-state index is -0.560. The van der Waals surface area contributed by atoms with Gasteiger partial charge in [0.05, 0.1) is 12.3 Å². The van der Waals surface area contributed by atoms with Crippen LogP contribution >= 0.6 is 0 Å². The smallest absolute Gasteiger partial charge is 0.260 e. The maximum Gasteiger partial charge on any atom is 0.260 e. The first-order valence-corrected chi connectivity index (χ1v) is 10.3. The molecule has 2 aromatic rings. The standard InChI is InChI=1S/C23H32N2O3/c1-16(2)19-10-9-17(3)14-22(19)28-18(4)23(26)24-15-20(21-8-7-13-27-21)25-11-5-6-12-25/h7-10,13-14,16,18,20H,5-6,11-12,15H2,1-4H3,(H,24,26)/t18-,20-/m1/s1. The highest BCUT2D eigenvalue weighted by molar-refractivity contribution is 5.80. The fourth-order valence-electron chi connectivity index (χ4n) is 3.75. The summed E-state index contributed by atoms with van der Waals surface area (Å²) >= 11 is 0. The molecule has 1 fully saturated rings. The van der Waals surface area contributed by atoms with Crippen LogP contribution in [0.25, 0.3) is 0 Å². The molecular formula is C23H32N2O3. The van der Waals surface area contributed by atoms with Gasteiger partial charge >= 0.3 is 0 Å². The Morgan fingerprint density at radius 1 is 1.21 bits per heavy atom. The van der Waals surface area contributed by atoms with Gasteiger partial charge in [-0.25, -0.2) is 0 Å². The van der Waals surface area contributed by atoms with E-state index in [1.807, 2.05) is 25.1 Å². The van der Waals surface area contributed by atoms with Crippen molar-refractivity contribution >= 4 is 5.91 Å². The molecule has 5 nitrogen and oxygen atoms in total. The molecule has 0 radical (unpaired) electrons. The Kier molecular flexibility index (Phi) is 6.79. The van der Waals surface area contributed by atoms with Crippen LogP contribution in [-0.4, -0.2) is 36.5 Å². The number of aryl methyl sites for hydroxylation is 1. The summed E-state index contributed by atoms with van der Waals surface area (Å²) < 4.78 is 11.7. The Morgan fingerprint density at radius 2 is 1.96 bits per heavy atom. The number of hydrogen-bond acceptors (Lipinski definition) is 4. The molecule has 0 spiro atoms. The summed E-state index contributed by atoms with van der Waals surface area (Å²) in [6.07, 6.45) is 3.51. The van der Waals surface area contributed by atoms with E-state index in [2.05, 4.69) is 36.2 Å². The zero-order valence-corrected chi connectivity index (χ0v) is 17.4. The molecule has 1 saturated heterocycles. The van der Waals surface area contributed by atoms with Gasteiger partial charge in [-0.05, 0) is 75.0 Å².